The first-order valence-electron chi connectivity index (χ1n) is 4.14. The summed E-state index contributed by atoms with van der Waals surface area (Å²) in [5.41, 5.74) is 0.746. The van der Waals surface area contributed by atoms with Gasteiger partial charge < -0.3 is 0 Å². The fraction of sp³-hybridized carbons (Fsp3) is 0.333. The van der Waals surface area contributed by atoms with Crippen LogP contribution in [0.5, 0.6) is 0 Å². The van der Waals surface area contributed by atoms with E-state index in [9.17, 15) is 12.8 Å². The van der Waals surface area contributed by atoms with Crippen molar-refractivity contribution in [3.8, 4) is 0 Å². The molecule has 0 aliphatic carbocycles. The monoisotopic (exact) mass is 217 g/mol. The molecule has 0 saturated carbocycles. The van der Waals surface area contributed by atoms with Crippen molar-refractivity contribution in [1.82, 2.24) is 0 Å². The van der Waals surface area contributed by atoms with Crippen LogP contribution in [0.1, 0.15) is 25.3 Å². The van der Waals surface area contributed by atoms with Crippen LogP contribution in [0.25, 0.3) is 0 Å². The van der Waals surface area contributed by atoms with E-state index in [2.05, 4.69) is 0 Å². The quantitative estimate of drug-likeness (QED) is 0.817. The predicted molar refractivity (Wildman–Crippen MR) is 51.9 cm³/mol. The highest BCUT2D eigenvalue weighted by Crippen LogP contribution is 2.20. The number of sulfonamides is 1. The Morgan fingerprint density at radius 2 is 1.93 bits per heavy atom. The molecule has 2 N–H and O–H groups in total. The summed E-state index contributed by atoms with van der Waals surface area (Å²) in [6.07, 6.45) is 0. The summed E-state index contributed by atoms with van der Waals surface area (Å²) in [5, 5.41) is 4.86. The topological polar surface area (TPSA) is 60.2 Å². The largest absolute Gasteiger partial charge is 0.240 e. The van der Waals surface area contributed by atoms with Crippen LogP contribution in [0.15, 0.2) is 23.1 Å². The van der Waals surface area contributed by atoms with Gasteiger partial charge in [0, 0.05) is 0 Å². The summed E-state index contributed by atoms with van der Waals surface area (Å²) in [5.74, 6) is -0.673. The lowest BCUT2D eigenvalue weighted by atomic mass is 10.0. The van der Waals surface area contributed by atoms with Gasteiger partial charge in [-0.25, -0.2) is 17.9 Å². The van der Waals surface area contributed by atoms with E-state index in [-0.39, 0.29) is 5.92 Å². The lowest BCUT2D eigenvalue weighted by molar-refractivity contribution is 0.566. The summed E-state index contributed by atoms with van der Waals surface area (Å²) in [7, 11) is -3.96. The Labute approximate surface area is 82.8 Å². The molecule has 1 aromatic carbocycles. The summed E-state index contributed by atoms with van der Waals surface area (Å²) < 4.78 is 35.0. The Morgan fingerprint density at radius 3 is 2.36 bits per heavy atom. The molecule has 78 valence electrons. The third-order valence-electron chi connectivity index (χ3n) is 1.93. The van der Waals surface area contributed by atoms with Crippen molar-refractivity contribution in [2.24, 2.45) is 5.14 Å². The second-order valence-electron chi connectivity index (χ2n) is 3.39. The molecule has 0 amide bonds. The Morgan fingerprint density at radius 1 is 1.36 bits per heavy atom. The van der Waals surface area contributed by atoms with Crippen molar-refractivity contribution < 1.29 is 12.8 Å². The van der Waals surface area contributed by atoms with E-state index in [4.69, 9.17) is 5.14 Å². The van der Waals surface area contributed by atoms with Crippen LogP contribution in [-0.4, -0.2) is 8.42 Å². The van der Waals surface area contributed by atoms with Crippen molar-refractivity contribution in [2.75, 3.05) is 0 Å². The van der Waals surface area contributed by atoms with Gasteiger partial charge in [-0.05, 0) is 23.6 Å². The standard InChI is InChI=1S/C9H12FNO2S/c1-6(2)7-3-4-8(10)9(5-7)14(11,12)13/h3-6H,1-2H3,(H2,11,12,13). The van der Waals surface area contributed by atoms with E-state index in [0.717, 1.165) is 11.6 Å². The Kier molecular flexibility index (Phi) is 2.92. The molecule has 3 nitrogen and oxygen atoms in total. The van der Waals surface area contributed by atoms with Gasteiger partial charge in [0.15, 0.2) is 0 Å². The first-order chi connectivity index (χ1) is 6.32. The van der Waals surface area contributed by atoms with Crippen LogP contribution in [0.2, 0.25) is 0 Å². The lowest BCUT2D eigenvalue weighted by Gasteiger charge is -2.07. The second kappa shape index (κ2) is 3.67. The normalized spacial score (nSPS) is 12.1. The minimum absolute atomic E-state index is 0.135. The molecule has 5 heteroatoms. The summed E-state index contributed by atoms with van der Waals surface area (Å²) in [4.78, 5) is -0.441. The molecular formula is C9H12FNO2S. The van der Waals surface area contributed by atoms with Crippen molar-refractivity contribution in [3.05, 3.63) is 29.6 Å². The van der Waals surface area contributed by atoms with Crippen molar-refractivity contribution in [1.29, 1.82) is 0 Å². The van der Waals surface area contributed by atoms with Crippen LogP contribution >= 0.6 is 0 Å². The van der Waals surface area contributed by atoms with Gasteiger partial charge in [0.2, 0.25) is 10.0 Å². The number of hydrogen-bond acceptors (Lipinski definition) is 2. The van der Waals surface area contributed by atoms with E-state index in [0.29, 0.717) is 0 Å². The van der Waals surface area contributed by atoms with Crippen molar-refractivity contribution in [3.63, 3.8) is 0 Å². The van der Waals surface area contributed by atoms with Gasteiger partial charge >= 0.3 is 0 Å². The molecule has 0 radical (unpaired) electrons. The van der Waals surface area contributed by atoms with Gasteiger partial charge in [-0.2, -0.15) is 0 Å². The maximum atomic E-state index is 13.1. The molecule has 0 unspecified atom stereocenters. The third-order valence-corrected chi connectivity index (χ3v) is 2.85. The number of halogens is 1. The summed E-state index contributed by atoms with van der Waals surface area (Å²) in [6, 6.07) is 3.94. The highest BCUT2D eigenvalue weighted by molar-refractivity contribution is 7.89. The van der Waals surface area contributed by atoms with Crippen LogP contribution in [0.4, 0.5) is 4.39 Å². The van der Waals surface area contributed by atoms with Gasteiger partial charge in [-0.15, -0.1) is 0 Å². The van der Waals surface area contributed by atoms with E-state index in [1.165, 1.54) is 6.07 Å². The van der Waals surface area contributed by atoms with E-state index in [1.54, 1.807) is 6.07 Å². The number of rotatable bonds is 2. The van der Waals surface area contributed by atoms with Gasteiger partial charge in [0.05, 0.1) is 0 Å². The molecule has 14 heavy (non-hydrogen) atoms. The highest BCUT2D eigenvalue weighted by Gasteiger charge is 2.15. The van der Waals surface area contributed by atoms with Crippen molar-refractivity contribution >= 4 is 10.0 Å². The van der Waals surface area contributed by atoms with E-state index >= 15 is 0 Å². The zero-order valence-electron chi connectivity index (χ0n) is 7.99. The molecule has 0 saturated heterocycles. The van der Waals surface area contributed by atoms with Crippen LogP contribution < -0.4 is 5.14 Å². The smallest absolute Gasteiger partial charge is 0.225 e. The average molecular weight is 217 g/mol. The lowest BCUT2D eigenvalue weighted by Crippen LogP contribution is -2.14. The maximum absolute atomic E-state index is 13.1. The number of benzene rings is 1. The van der Waals surface area contributed by atoms with Gasteiger partial charge in [0.25, 0.3) is 0 Å². The third kappa shape index (κ3) is 2.30. The van der Waals surface area contributed by atoms with Crippen LogP contribution in [0.3, 0.4) is 0 Å². The fourth-order valence-corrected chi connectivity index (χ4v) is 1.74. The van der Waals surface area contributed by atoms with Gasteiger partial charge in [0.1, 0.15) is 10.7 Å². The minimum atomic E-state index is -3.96. The summed E-state index contributed by atoms with van der Waals surface area (Å²) >= 11 is 0. The molecular weight excluding hydrogens is 205 g/mol. The molecule has 0 heterocycles. The molecule has 0 fully saturated rings. The fourth-order valence-electron chi connectivity index (χ4n) is 1.10. The molecule has 0 aromatic heterocycles. The Bertz CT molecular complexity index is 440. The Hall–Kier alpha value is -0.940. The van der Waals surface area contributed by atoms with Crippen molar-refractivity contribution in [2.45, 2.75) is 24.7 Å². The first kappa shape index (κ1) is 11.1. The molecule has 0 spiro atoms. The molecule has 1 rings (SSSR count). The number of nitrogens with two attached hydrogens (primary N) is 1. The van der Waals surface area contributed by atoms with Gasteiger partial charge in [-0.3, -0.25) is 0 Å². The SMILES string of the molecule is CC(C)c1ccc(F)c(S(N)(=O)=O)c1. The zero-order chi connectivity index (χ0) is 10.9. The maximum Gasteiger partial charge on any atom is 0.240 e. The molecule has 0 bridgehead atoms. The average Bonchev–Trinajstić information content (AvgIpc) is 2.02. The number of hydrogen-bond donors (Lipinski definition) is 1. The molecule has 0 aliphatic heterocycles. The molecule has 0 aliphatic rings. The van der Waals surface area contributed by atoms with Gasteiger partial charge in [-0.1, -0.05) is 19.9 Å². The van der Waals surface area contributed by atoms with E-state index < -0.39 is 20.7 Å². The molecule has 0 atom stereocenters. The first-order valence-corrected chi connectivity index (χ1v) is 5.69. The second-order valence-corrected chi connectivity index (χ2v) is 4.92. The predicted octanol–water partition coefficient (Wildman–Crippen LogP) is 1.60. The summed E-state index contributed by atoms with van der Waals surface area (Å²) in [6.45, 7) is 3.78. The van der Waals surface area contributed by atoms with Crippen LogP contribution in [-0.2, 0) is 10.0 Å². The zero-order valence-corrected chi connectivity index (χ0v) is 8.81. The highest BCUT2D eigenvalue weighted by atomic mass is 32.2. The number of primary sulfonamides is 1. The Balaban J connectivity index is 3.37. The van der Waals surface area contributed by atoms with E-state index in [1.807, 2.05) is 13.8 Å². The minimum Gasteiger partial charge on any atom is -0.225 e. The van der Waals surface area contributed by atoms with Crippen LogP contribution in [0, 0.1) is 5.82 Å². The molecule has 1 aromatic rings.